The molecule has 1 aliphatic rings. The number of piperazine rings is 1. The highest BCUT2D eigenvalue weighted by atomic mass is 32.2. The van der Waals surface area contributed by atoms with Crippen LogP contribution in [0.15, 0.2) is 35.7 Å². The fraction of sp³-hybridized carbons (Fsp3) is 0.429. The lowest BCUT2D eigenvalue weighted by Crippen LogP contribution is -3.15. The molecule has 1 saturated heterocycles. The van der Waals surface area contributed by atoms with E-state index in [4.69, 9.17) is 0 Å². The Hall–Kier alpha value is -1.83. The molecule has 1 aromatic heterocycles. The summed E-state index contributed by atoms with van der Waals surface area (Å²) < 4.78 is 0. The van der Waals surface area contributed by atoms with Crippen LogP contribution in [0.3, 0.4) is 0 Å². The van der Waals surface area contributed by atoms with E-state index < -0.39 is 0 Å². The van der Waals surface area contributed by atoms with E-state index in [1.807, 2.05) is 43.0 Å². The maximum Gasteiger partial charge on any atom is 0.279 e. The van der Waals surface area contributed by atoms with Crippen LogP contribution in [0.4, 0.5) is 5.69 Å². The molecule has 2 aromatic rings. The molecule has 2 heterocycles. The molecule has 0 aliphatic carbocycles. The van der Waals surface area contributed by atoms with Gasteiger partial charge in [-0.05, 0) is 36.4 Å². The maximum atomic E-state index is 12.4. The number of hydrogen-bond acceptors (Lipinski definition) is 4. The Morgan fingerprint density at radius 3 is 2.50 bits per heavy atom. The van der Waals surface area contributed by atoms with E-state index >= 15 is 0 Å². The Kier molecular flexibility index (Phi) is 7.53. The summed E-state index contributed by atoms with van der Waals surface area (Å²) in [6.07, 6.45) is 0. The number of nitrogens with zero attached hydrogens (tertiary/aromatic N) is 1. The van der Waals surface area contributed by atoms with Crippen molar-refractivity contribution in [3.8, 4) is 0 Å². The summed E-state index contributed by atoms with van der Waals surface area (Å²) in [5.41, 5.74) is 3.08. The van der Waals surface area contributed by atoms with E-state index in [1.165, 1.54) is 9.78 Å². The Labute approximate surface area is 175 Å². The summed E-state index contributed by atoms with van der Waals surface area (Å²) in [4.78, 5) is 29.3. The molecule has 2 N–H and O–H groups in total. The van der Waals surface area contributed by atoms with Crippen LogP contribution in [0, 0.1) is 13.8 Å². The smallest absolute Gasteiger partial charge is 0.279 e. The van der Waals surface area contributed by atoms with Crippen LogP contribution in [-0.2, 0) is 15.3 Å². The van der Waals surface area contributed by atoms with Crippen molar-refractivity contribution in [1.29, 1.82) is 0 Å². The van der Waals surface area contributed by atoms with Crippen molar-refractivity contribution in [2.75, 3.05) is 43.8 Å². The molecular formula is C21H28N3O2S2+. The number of carbonyl (C=O) groups is 2. The molecule has 0 atom stereocenters. The lowest BCUT2D eigenvalue weighted by Gasteiger charge is -2.32. The minimum absolute atomic E-state index is 0.0404. The lowest BCUT2D eigenvalue weighted by molar-refractivity contribution is -0.895. The van der Waals surface area contributed by atoms with Crippen molar-refractivity contribution < 1.29 is 14.5 Å². The molecule has 2 amide bonds. The van der Waals surface area contributed by atoms with Gasteiger partial charge < -0.3 is 15.1 Å². The van der Waals surface area contributed by atoms with Gasteiger partial charge in [0.15, 0.2) is 6.54 Å². The quantitative estimate of drug-likeness (QED) is 0.723. The highest BCUT2D eigenvalue weighted by molar-refractivity contribution is 7.99. The molecule has 7 heteroatoms. The summed E-state index contributed by atoms with van der Waals surface area (Å²) in [5.74, 6) is 1.67. The molecule has 1 aromatic carbocycles. The third-order valence-corrected chi connectivity index (χ3v) is 7.05. The average Bonchev–Trinajstić information content (AvgIpc) is 3.19. The highest BCUT2D eigenvalue weighted by Gasteiger charge is 2.25. The molecule has 1 fully saturated rings. The van der Waals surface area contributed by atoms with Gasteiger partial charge in [-0.15, -0.1) is 23.1 Å². The van der Waals surface area contributed by atoms with Crippen molar-refractivity contribution in [3.63, 3.8) is 0 Å². The van der Waals surface area contributed by atoms with Gasteiger partial charge in [-0.1, -0.05) is 24.3 Å². The zero-order chi connectivity index (χ0) is 19.9. The highest BCUT2D eigenvalue weighted by Crippen LogP contribution is 2.19. The molecule has 0 spiro atoms. The lowest BCUT2D eigenvalue weighted by atomic mass is 10.1. The Morgan fingerprint density at radius 2 is 1.86 bits per heavy atom. The standard InChI is InChI=1S/C21H27N3O2S2/c1-16-5-3-6-17(2)21(16)22-19(25)13-23-8-10-24(11-9-23)20(26)15-27-14-18-7-4-12-28-18/h3-7,12H,8-11,13-15H2,1-2H3,(H,22,25)/p+1. The predicted octanol–water partition coefficient (Wildman–Crippen LogP) is 1.96. The second-order valence-corrected chi connectivity index (χ2v) is 9.21. The molecule has 0 bridgehead atoms. The zero-order valence-corrected chi connectivity index (χ0v) is 18.1. The van der Waals surface area contributed by atoms with Gasteiger partial charge in [0.05, 0.1) is 31.9 Å². The molecule has 3 rings (SSSR count). The largest absolute Gasteiger partial charge is 0.331 e. The van der Waals surface area contributed by atoms with E-state index in [0.29, 0.717) is 12.3 Å². The summed E-state index contributed by atoms with van der Waals surface area (Å²) in [5, 5.41) is 5.12. The minimum atomic E-state index is 0.0404. The van der Waals surface area contributed by atoms with E-state index in [2.05, 4.69) is 16.8 Å². The van der Waals surface area contributed by atoms with Gasteiger partial charge in [0, 0.05) is 16.3 Å². The van der Waals surface area contributed by atoms with E-state index in [9.17, 15) is 9.59 Å². The van der Waals surface area contributed by atoms with Gasteiger partial charge in [0.25, 0.3) is 5.91 Å². The Bertz CT molecular complexity index is 780. The third-order valence-electron chi connectivity index (χ3n) is 5.03. The second-order valence-electron chi connectivity index (χ2n) is 7.19. The van der Waals surface area contributed by atoms with Crippen molar-refractivity contribution in [2.24, 2.45) is 0 Å². The summed E-state index contributed by atoms with van der Waals surface area (Å²) in [6, 6.07) is 10.2. The fourth-order valence-corrected chi connectivity index (χ4v) is 5.16. The van der Waals surface area contributed by atoms with Gasteiger partial charge >= 0.3 is 0 Å². The number of quaternary nitrogens is 1. The fourth-order valence-electron chi connectivity index (χ4n) is 3.40. The van der Waals surface area contributed by atoms with Crippen LogP contribution < -0.4 is 10.2 Å². The first-order valence-electron chi connectivity index (χ1n) is 9.60. The van der Waals surface area contributed by atoms with Crippen LogP contribution in [0.5, 0.6) is 0 Å². The van der Waals surface area contributed by atoms with Gasteiger partial charge in [-0.2, -0.15) is 0 Å². The first-order valence-corrected chi connectivity index (χ1v) is 11.6. The van der Waals surface area contributed by atoms with Crippen molar-refractivity contribution >= 4 is 40.6 Å². The number of para-hydroxylation sites is 1. The van der Waals surface area contributed by atoms with Gasteiger partial charge in [0.2, 0.25) is 5.91 Å². The van der Waals surface area contributed by atoms with Crippen LogP contribution in [-0.4, -0.2) is 55.2 Å². The second kappa shape index (κ2) is 10.1. The van der Waals surface area contributed by atoms with E-state index in [1.54, 1.807) is 23.1 Å². The van der Waals surface area contributed by atoms with Gasteiger partial charge in [0.1, 0.15) is 0 Å². The topological polar surface area (TPSA) is 53.9 Å². The maximum absolute atomic E-state index is 12.4. The van der Waals surface area contributed by atoms with Crippen molar-refractivity contribution in [2.45, 2.75) is 19.6 Å². The molecule has 0 saturated carbocycles. The number of nitrogens with one attached hydrogen (secondary N) is 2. The van der Waals surface area contributed by atoms with Crippen LogP contribution in [0.2, 0.25) is 0 Å². The number of anilines is 1. The van der Waals surface area contributed by atoms with Crippen molar-refractivity contribution in [3.05, 3.63) is 51.7 Å². The van der Waals surface area contributed by atoms with Crippen LogP contribution in [0.1, 0.15) is 16.0 Å². The first-order chi connectivity index (χ1) is 13.5. The average molecular weight is 419 g/mol. The monoisotopic (exact) mass is 418 g/mol. The molecule has 28 heavy (non-hydrogen) atoms. The number of rotatable bonds is 7. The molecule has 5 nitrogen and oxygen atoms in total. The van der Waals surface area contributed by atoms with Gasteiger partial charge in [-0.3, -0.25) is 9.59 Å². The Morgan fingerprint density at radius 1 is 1.14 bits per heavy atom. The number of aryl methyl sites for hydroxylation is 2. The van der Waals surface area contributed by atoms with E-state index in [0.717, 1.165) is 48.7 Å². The predicted molar refractivity (Wildman–Crippen MR) is 117 cm³/mol. The van der Waals surface area contributed by atoms with Crippen molar-refractivity contribution in [1.82, 2.24) is 4.90 Å². The first kappa shape index (κ1) is 20.9. The molecular weight excluding hydrogens is 390 g/mol. The number of thiophene rings is 1. The van der Waals surface area contributed by atoms with Gasteiger partial charge in [-0.25, -0.2) is 0 Å². The molecule has 150 valence electrons. The summed E-state index contributed by atoms with van der Waals surface area (Å²) >= 11 is 3.41. The summed E-state index contributed by atoms with van der Waals surface area (Å²) in [6.45, 7) is 7.56. The molecule has 0 radical (unpaired) electrons. The molecule has 0 unspecified atom stereocenters. The number of benzene rings is 1. The van der Waals surface area contributed by atoms with Crippen LogP contribution in [0.25, 0.3) is 0 Å². The Balaban J connectivity index is 1.38. The minimum Gasteiger partial charge on any atom is -0.331 e. The normalized spacial score (nSPS) is 14.9. The van der Waals surface area contributed by atoms with E-state index in [-0.39, 0.29) is 11.8 Å². The number of carbonyl (C=O) groups excluding carboxylic acids is 2. The summed E-state index contributed by atoms with van der Waals surface area (Å²) in [7, 11) is 0. The number of thioether (sulfide) groups is 1. The molecule has 1 aliphatic heterocycles. The third kappa shape index (κ3) is 5.83. The van der Waals surface area contributed by atoms with Crippen LogP contribution >= 0.6 is 23.1 Å². The number of amides is 2. The number of hydrogen-bond donors (Lipinski definition) is 2. The zero-order valence-electron chi connectivity index (χ0n) is 16.5. The SMILES string of the molecule is Cc1cccc(C)c1NC(=O)C[NH+]1CCN(C(=O)CSCc2cccs2)CC1.